The lowest BCUT2D eigenvalue weighted by atomic mass is 10.2. The van der Waals surface area contributed by atoms with E-state index in [0.29, 0.717) is 30.5 Å². The number of alkyl halides is 1. The Hall–Kier alpha value is -1.42. The second kappa shape index (κ2) is 7.39. The molecule has 1 unspecified atom stereocenters. The number of fused-ring (bicyclic) bond motifs is 1. The van der Waals surface area contributed by atoms with E-state index >= 15 is 0 Å². The van der Waals surface area contributed by atoms with Gasteiger partial charge >= 0.3 is 0 Å². The molecule has 1 aliphatic rings. The van der Waals surface area contributed by atoms with Gasteiger partial charge in [0.15, 0.2) is 11.5 Å². The minimum Gasteiger partial charge on any atom is -0.485 e. The third kappa shape index (κ3) is 3.57. The molecule has 2 rings (SSSR count). The van der Waals surface area contributed by atoms with Crippen molar-refractivity contribution in [1.82, 2.24) is 4.90 Å². The molecule has 0 N–H and O–H groups in total. The van der Waals surface area contributed by atoms with E-state index in [2.05, 4.69) is 6.92 Å². The zero-order valence-electron chi connectivity index (χ0n) is 11.7. The number of ether oxygens (including phenoxy) is 2. The lowest BCUT2D eigenvalue weighted by molar-refractivity contribution is -0.141. The first-order valence-corrected chi connectivity index (χ1v) is 7.53. The first-order chi connectivity index (χ1) is 9.76. The summed E-state index contributed by atoms with van der Waals surface area (Å²) in [6.07, 6.45) is 1.42. The van der Waals surface area contributed by atoms with Crippen LogP contribution in [0.4, 0.5) is 0 Å². The summed E-state index contributed by atoms with van der Waals surface area (Å²) >= 11 is 5.77. The normalized spacial score (nSPS) is 16.8. The number of hydrogen-bond acceptors (Lipinski definition) is 3. The first-order valence-electron chi connectivity index (χ1n) is 6.99. The van der Waals surface area contributed by atoms with Crippen molar-refractivity contribution in [3.63, 3.8) is 0 Å². The fraction of sp³-hybridized carbons (Fsp3) is 0.533. The van der Waals surface area contributed by atoms with Crippen LogP contribution in [0.25, 0.3) is 0 Å². The van der Waals surface area contributed by atoms with E-state index in [0.717, 1.165) is 12.8 Å². The predicted molar refractivity (Wildman–Crippen MR) is 78.6 cm³/mol. The van der Waals surface area contributed by atoms with Crippen LogP contribution >= 0.6 is 11.6 Å². The molecule has 1 heterocycles. The molecule has 20 heavy (non-hydrogen) atoms. The standard InChI is InChI=1S/C15H20ClNO3/c1-2-3-9-17(10-8-16)15(18)14-11-19-12-6-4-5-7-13(12)20-14/h4-7,14H,2-3,8-11H2,1H3. The fourth-order valence-electron chi connectivity index (χ4n) is 2.13. The molecule has 0 aliphatic carbocycles. The van der Waals surface area contributed by atoms with E-state index in [9.17, 15) is 4.79 Å². The van der Waals surface area contributed by atoms with Crippen molar-refractivity contribution >= 4 is 17.5 Å². The zero-order valence-corrected chi connectivity index (χ0v) is 12.4. The van der Waals surface area contributed by atoms with Gasteiger partial charge in [0.25, 0.3) is 5.91 Å². The molecular formula is C15H20ClNO3. The molecule has 1 aliphatic heterocycles. The van der Waals surface area contributed by atoms with Gasteiger partial charge in [0, 0.05) is 19.0 Å². The number of carbonyl (C=O) groups is 1. The fourth-order valence-corrected chi connectivity index (χ4v) is 2.33. The Bertz CT molecular complexity index is 452. The lowest BCUT2D eigenvalue weighted by Crippen LogP contribution is -2.47. The van der Waals surface area contributed by atoms with Crippen LogP contribution < -0.4 is 9.47 Å². The number of rotatable bonds is 6. The molecule has 0 saturated carbocycles. The van der Waals surface area contributed by atoms with Crippen molar-refractivity contribution in [2.45, 2.75) is 25.9 Å². The maximum Gasteiger partial charge on any atom is 0.267 e. The lowest BCUT2D eigenvalue weighted by Gasteiger charge is -2.30. The second-order valence-electron chi connectivity index (χ2n) is 4.73. The van der Waals surface area contributed by atoms with Gasteiger partial charge < -0.3 is 14.4 Å². The van der Waals surface area contributed by atoms with Crippen LogP contribution in [0.1, 0.15) is 19.8 Å². The van der Waals surface area contributed by atoms with E-state index in [4.69, 9.17) is 21.1 Å². The quantitative estimate of drug-likeness (QED) is 0.758. The molecule has 0 aromatic heterocycles. The molecule has 5 heteroatoms. The summed E-state index contributed by atoms with van der Waals surface area (Å²) in [5.74, 6) is 1.70. The highest BCUT2D eigenvalue weighted by molar-refractivity contribution is 6.18. The molecule has 0 saturated heterocycles. The van der Waals surface area contributed by atoms with Crippen LogP contribution in [0.2, 0.25) is 0 Å². The van der Waals surface area contributed by atoms with E-state index in [1.54, 1.807) is 4.90 Å². The third-order valence-corrected chi connectivity index (χ3v) is 3.40. The summed E-state index contributed by atoms with van der Waals surface area (Å²) in [5, 5.41) is 0. The summed E-state index contributed by atoms with van der Waals surface area (Å²) in [6.45, 7) is 3.60. The molecular weight excluding hydrogens is 278 g/mol. The summed E-state index contributed by atoms with van der Waals surface area (Å²) in [5.41, 5.74) is 0. The summed E-state index contributed by atoms with van der Waals surface area (Å²) in [7, 11) is 0. The molecule has 4 nitrogen and oxygen atoms in total. The van der Waals surface area contributed by atoms with Crippen LogP contribution in [-0.2, 0) is 4.79 Å². The van der Waals surface area contributed by atoms with Crippen LogP contribution in [0.15, 0.2) is 24.3 Å². The molecule has 0 bridgehead atoms. The minimum absolute atomic E-state index is 0.0476. The van der Waals surface area contributed by atoms with Crippen molar-refractivity contribution in [3.05, 3.63) is 24.3 Å². The number of amides is 1. The summed E-state index contributed by atoms with van der Waals surface area (Å²) in [4.78, 5) is 14.2. The van der Waals surface area contributed by atoms with Gasteiger partial charge in [-0.1, -0.05) is 25.5 Å². The van der Waals surface area contributed by atoms with Crippen molar-refractivity contribution < 1.29 is 14.3 Å². The molecule has 1 aromatic carbocycles. The van der Waals surface area contributed by atoms with Gasteiger partial charge in [0.1, 0.15) is 6.61 Å². The Morgan fingerprint density at radius 1 is 1.35 bits per heavy atom. The maximum atomic E-state index is 12.5. The van der Waals surface area contributed by atoms with Crippen molar-refractivity contribution in [2.24, 2.45) is 0 Å². The largest absolute Gasteiger partial charge is 0.485 e. The highest BCUT2D eigenvalue weighted by atomic mass is 35.5. The molecule has 1 aromatic rings. The topological polar surface area (TPSA) is 38.8 Å². The van der Waals surface area contributed by atoms with Gasteiger partial charge in [0.05, 0.1) is 0 Å². The Labute approximate surface area is 124 Å². The van der Waals surface area contributed by atoms with Crippen LogP contribution in [0.5, 0.6) is 11.5 Å². The summed E-state index contributed by atoms with van der Waals surface area (Å²) in [6, 6.07) is 7.39. The van der Waals surface area contributed by atoms with Gasteiger partial charge in [-0.05, 0) is 18.6 Å². The number of hydrogen-bond donors (Lipinski definition) is 0. The number of carbonyl (C=O) groups excluding carboxylic acids is 1. The van der Waals surface area contributed by atoms with Crippen molar-refractivity contribution in [2.75, 3.05) is 25.6 Å². The number of benzene rings is 1. The van der Waals surface area contributed by atoms with Gasteiger partial charge in [-0.25, -0.2) is 0 Å². The third-order valence-electron chi connectivity index (χ3n) is 3.23. The van der Waals surface area contributed by atoms with Crippen molar-refractivity contribution in [1.29, 1.82) is 0 Å². The monoisotopic (exact) mass is 297 g/mol. The van der Waals surface area contributed by atoms with Crippen LogP contribution in [0, 0.1) is 0 Å². The zero-order chi connectivity index (χ0) is 14.4. The predicted octanol–water partition coefficient (Wildman–Crippen LogP) is 2.69. The molecule has 0 radical (unpaired) electrons. The first kappa shape index (κ1) is 15.0. The van der Waals surface area contributed by atoms with E-state index in [1.807, 2.05) is 24.3 Å². The van der Waals surface area contributed by atoms with E-state index in [-0.39, 0.29) is 12.5 Å². The van der Waals surface area contributed by atoms with E-state index in [1.165, 1.54) is 0 Å². The van der Waals surface area contributed by atoms with E-state index < -0.39 is 6.10 Å². The second-order valence-corrected chi connectivity index (χ2v) is 5.11. The molecule has 1 amide bonds. The van der Waals surface area contributed by atoms with Gasteiger partial charge in [-0.2, -0.15) is 0 Å². The van der Waals surface area contributed by atoms with Crippen LogP contribution in [-0.4, -0.2) is 42.5 Å². The Morgan fingerprint density at radius 3 is 2.80 bits per heavy atom. The number of halogens is 1. The Kier molecular flexibility index (Phi) is 5.53. The van der Waals surface area contributed by atoms with Crippen molar-refractivity contribution in [3.8, 4) is 11.5 Å². The molecule has 1 atom stereocenters. The minimum atomic E-state index is -0.579. The van der Waals surface area contributed by atoms with Gasteiger partial charge in [-0.3, -0.25) is 4.79 Å². The number of para-hydroxylation sites is 2. The maximum absolute atomic E-state index is 12.5. The average molecular weight is 298 g/mol. The number of unbranched alkanes of at least 4 members (excludes halogenated alkanes) is 1. The van der Waals surface area contributed by atoms with Gasteiger partial charge in [-0.15, -0.1) is 11.6 Å². The number of nitrogens with zero attached hydrogens (tertiary/aromatic N) is 1. The SMILES string of the molecule is CCCCN(CCCl)C(=O)C1COc2ccccc2O1. The molecule has 110 valence electrons. The Balaban J connectivity index is 2.01. The smallest absolute Gasteiger partial charge is 0.267 e. The highest BCUT2D eigenvalue weighted by Crippen LogP contribution is 2.31. The molecule has 0 fully saturated rings. The summed E-state index contributed by atoms with van der Waals surface area (Å²) < 4.78 is 11.3. The highest BCUT2D eigenvalue weighted by Gasteiger charge is 2.30. The average Bonchev–Trinajstić information content (AvgIpc) is 2.50. The molecule has 0 spiro atoms. The van der Waals surface area contributed by atoms with Gasteiger partial charge in [0.2, 0.25) is 6.10 Å². The Morgan fingerprint density at radius 2 is 2.10 bits per heavy atom. The van der Waals surface area contributed by atoms with Crippen LogP contribution in [0.3, 0.4) is 0 Å².